The topological polar surface area (TPSA) is 35.1 Å². The second kappa shape index (κ2) is 10.2. The molecule has 0 saturated carbocycles. The van der Waals surface area contributed by atoms with Crippen molar-refractivity contribution in [2.24, 2.45) is 0 Å². The molecule has 0 radical (unpaired) electrons. The predicted octanol–water partition coefficient (Wildman–Crippen LogP) is 13.0. The van der Waals surface area contributed by atoms with Crippen LogP contribution in [0.1, 0.15) is 0 Å². The molecule has 0 atom stereocenters. The maximum Gasteiger partial charge on any atom is 0.235 e. The quantitative estimate of drug-likeness (QED) is 0.170. The van der Waals surface area contributed by atoms with Gasteiger partial charge in [-0.15, -0.1) is 0 Å². The molecule has 4 heterocycles. The molecular weight excluding hydrogens is 657 g/mol. The van der Waals surface area contributed by atoms with E-state index in [4.69, 9.17) is 9.97 Å². The summed E-state index contributed by atoms with van der Waals surface area (Å²) in [6.45, 7) is 0. The lowest BCUT2D eigenvalue weighted by Gasteiger charge is -2.14. The number of nitrogens with zero attached hydrogens (tertiary/aromatic N) is 4. The first kappa shape index (κ1) is 28.3. The summed E-state index contributed by atoms with van der Waals surface area (Å²) in [7, 11) is 0. The monoisotopic (exact) mass is 684 g/mol. The first-order valence-electron chi connectivity index (χ1n) is 18.5. The van der Waals surface area contributed by atoms with Crippen LogP contribution >= 0.6 is 0 Å². The average Bonchev–Trinajstić information content (AvgIpc) is 3.87. The van der Waals surface area contributed by atoms with Gasteiger partial charge in [-0.25, -0.2) is 9.97 Å². The Hall–Kier alpha value is -7.30. The largest absolute Gasteiger partial charge is 0.307 e. The fraction of sp³-hybridized carbons (Fsp3) is 0. The van der Waals surface area contributed by atoms with Crippen LogP contribution in [0.15, 0.2) is 170 Å². The Kier molecular flexibility index (Phi) is 5.34. The summed E-state index contributed by atoms with van der Waals surface area (Å²) in [5, 5.41) is 15.7. The highest BCUT2D eigenvalue weighted by Gasteiger charge is 2.26. The van der Waals surface area contributed by atoms with Crippen molar-refractivity contribution in [2.75, 3.05) is 0 Å². The number of benzene rings is 9. The smallest absolute Gasteiger partial charge is 0.235 e. The van der Waals surface area contributed by atoms with Crippen LogP contribution in [-0.2, 0) is 0 Å². The zero-order valence-electron chi connectivity index (χ0n) is 29.0. The van der Waals surface area contributed by atoms with Crippen molar-refractivity contribution in [1.29, 1.82) is 0 Å². The maximum atomic E-state index is 5.63. The maximum absolute atomic E-state index is 5.63. The molecule has 0 spiro atoms. The summed E-state index contributed by atoms with van der Waals surface area (Å²) in [5.41, 5.74) is 8.84. The summed E-state index contributed by atoms with van der Waals surface area (Å²) < 4.78 is 4.84. The third-order valence-corrected chi connectivity index (χ3v) is 11.8. The van der Waals surface area contributed by atoms with Crippen LogP contribution < -0.4 is 0 Å². The fourth-order valence-electron chi connectivity index (χ4n) is 9.50. The van der Waals surface area contributed by atoms with Gasteiger partial charge in [-0.3, -0.25) is 4.57 Å². The van der Waals surface area contributed by atoms with Gasteiger partial charge in [0.25, 0.3) is 0 Å². The number of para-hydroxylation sites is 2. The molecule has 0 aliphatic rings. The Morgan fingerprint density at radius 3 is 1.83 bits per heavy atom. The van der Waals surface area contributed by atoms with Crippen LogP contribution in [0.3, 0.4) is 0 Å². The third kappa shape index (κ3) is 3.57. The molecule has 4 heteroatoms. The Bertz CT molecular complexity index is 3740. The lowest BCUT2D eigenvalue weighted by atomic mass is 9.98. The van der Waals surface area contributed by atoms with E-state index in [9.17, 15) is 0 Å². The van der Waals surface area contributed by atoms with E-state index in [2.05, 4.69) is 179 Å². The highest BCUT2D eigenvalue weighted by atomic mass is 15.2. The summed E-state index contributed by atoms with van der Waals surface area (Å²) in [6.07, 6.45) is 0. The molecule has 54 heavy (non-hydrogen) atoms. The Labute approximate surface area is 308 Å². The van der Waals surface area contributed by atoms with Gasteiger partial charge in [-0.2, -0.15) is 0 Å². The predicted molar refractivity (Wildman–Crippen MR) is 226 cm³/mol. The van der Waals surface area contributed by atoms with E-state index in [1.54, 1.807) is 0 Å². The molecule has 13 rings (SSSR count). The molecule has 0 amide bonds. The SMILES string of the molecule is c1ccc2cc(-c3nc(-n4c5ccccc5c5cc6c7ccc8ccccc8c7n7c8ccccc8c(c54)c67)nc4ccc5ccccc5c34)ccc2c1. The van der Waals surface area contributed by atoms with Crippen LogP contribution in [-0.4, -0.2) is 18.9 Å². The van der Waals surface area contributed by atoms with E-state index >= 15 is 0 Å². The second-order valence-electron chi connectivity index (χ2n) is 14.5. The number of aromatic nitrogens is 4. The standard InChI is InChI=1S/C50H28N4/c1-2-14-32-27-33(22-21-29(32)11-1)46-44-34-15-5-3-12-30(34)24-26-41(44)51-50(52-46)54-42-19-9-7-17-36(42)39-28-40-37-25-23-31-13-4-6-16-35(31)47(37)53-43-20-10-8-18-38(43)45(48(40)53)49(39)54/h1-28H. The van der Waals surface area contributed by atoms with Gasteiger partial charge >= 0.3 is 0 Å². The molecule has 0 aliphatic carbocycles. The van der Waals surface area contributed by atoms with Gasteiger partial charge in [0.15, 0.2) is 0 Å². The van der Waals surface area contributed by atoms with Crippen molar-refractivity contribution in [3.63, 3.8) is 0 Å². The van der Waals surface area contributed by atoms with Gasteiger partial charge < -0.3 is 4.40 Å². The van der Waals surface area contributed by atoms with Gasteiger partial charge in [0.2, 0.25) is 5.95 Å². The summed E-state index contributed by atoms with van der Waals surface area (Å²) >= 11 is 0. The first-order chi connectivity index (χ1) is 26.8. The molecule has 13 aromatic rings. The van der Waals surface area contributed by atoms with Crippen molar-refractivity contribution in [1.82, 2.24) is 18.9 Å². The second-order valence-corrected chi connectivity index (χ2v) is 14.5. The molecule has 0 aliphatic heterocycles. The van der Waals surface area contributed by atoms with E-state index in [0.717, 1.165) is 38.6 Å². The molecule has 4 nitrogen and oxygen atoms in total. The first-order valence-corrected chi connectivity index (χ1v) is 18.5. The highest BCUT2D eigenvalue weighted by molar-refractivity contribution is 6.35. The summed E-state index contributed by atoms with van der Waals surface area (Å²) in [6, 6.07) is 61.5. The van der Waals surface area contributed by atoms with E-state index in [1.165, 1.54) is 75.8 Å². The van der Waals surface area contributed by atoms with Crippen LogP contribution in [0.4, 0.5) is 0 Å². The van der Waals surface area contributed by atoms with Crippen molar-refractivity contribution in [3.8, 4) is 17.2 Å². The van der Waals surface area contributed by atoms with E-state index in [-0.39, 0.29) is 0 Å². The van der Waals surface area contributed by atoms with E-state index in [1.807, 2.05) is 0 Å². The van der Waals surface area contributed by atoms with Crippen molar-refractivity contribution in [2.45, 2.75) is 0 Å². The van der Waals surface area contributed by atoms with Gasteiger partial charge in [0, 0.05) is 48.7 Å². The molecular formula is C50H28N4. The Morgan fingerprint density at radius 1 is 0.352 bits per heavy atom. The van der Waals surface area contributed by atoms with Crippen LogP contribution in [0, 0.1) is 0 Å². The molecule has 0 fully saturated rings. The van der Waals surface area contributed by atoms with Crippen molar-refractivity contribution >= 4 is 103 Å². The van der Waals surface area contributed by atoms with Crippen molar-refractivity contribution in [3.05, 3.63) is 170 Å². The highest BCUT2D eigenvalue weighted by Crippen LogP contribution is 2.47. The minimum atomic E-state index is 0.667. The number of rotatable bonds is 2. The fourth-order valence-corrected chi connectivity index (χ4v) is 9.50. The summed E-state index contributed by atoms with van der Waals surface area (Å²) in [5.74, 6) is 0.667. The average molecular weight is 685 g/mol. The van der Waals surface area contributed by atoms with Crippen molar-refractivity contribution < 1.29 is 0 Å². The molecule has 0 saturated heterocycles. The van der Waals surface area contributed by atoms with Gasteiger partial charge in [0.1, 0.15) is 0 Å². The van der Waals surface area contributed by atoms with E-state index in [0.29, 0.717) is 5.95 Å². The lowest BCUT2D eigenvalue weighted by Crippen LogP contribution is -2.04. The van der Waals surface area contributed by atoms with Gasteiger partial charge in [-0.1, -0.05) is 140 Å². The van der Waals surface area contributed by atoms with Gasteiger partial charge in [0.05, 0.1) is 38.8 Å². The van der Waals surface area contributed by atoms with Crippen LogP contribution in [0.5, 0.6) is 0 Å². The van der Waals surface area contributed by atoms with Crippen LogP contribution in [0.25, 0.3) is 120 Å². The molecule has 0 bridgehead atoms. The van der Waals surface area contributed by atoms with Crippen LogP contribution in [0.2, 0.25) is 0 Å². The Morgan fingerprint density at radius 2 is 0.981 bits per heavy atom. The number of hydrogen-bond acceptors (Lipinski definition) is 2. The normalized spacial score (nSPS) is 12.4. The Balaban J connectivity index is 1.24. The zero-order chi connectivity index (χ0) is 35.1. The number of hydrogen-bond donors (Lipinski definition) is 0. The molecule has 248 valence electrons. The molecule has 0 N–H and O–H groups in total. The minimum Gasteiger partial charge on any atom is -0.307 e. The lowest BCUT2D eigenvalue weighted by molar-refractivity contribution is 1.02. The molecule has 0 unspecified atom stereocenters. The molecule has 9 aromatic carbocycles. The minimum absolute atomic E-state index is 0.667. The van der Waals surface area contributed by atoms with E-state index < -0.39 is 0 Å². The zero-order valence-corrected chi connectivity index (χ0v) is 29.0. The number of fused-ring (bicyclic) bond motifs is 16. The third-order valence-electron chi connectivity index (χ3n) is 11.8. The van der Waals surface area contributed by atoms with Gasteiger partial charge in [-0.05, 0) is 57.3 Å². The summed E-state index contributed by atoms with van der Waals surface area (Å²) in [4.78, 5) is 11.1. The molecule has 4 aromatic heterocycles.